The molecule has 0 aliphatic heterocycles. The number of nitrogens with one attached hydrogen (secondary N) is 1. The van der Waals surface area contributed by atoms with Gasteiger partial charge in [-0.15, -0.1) is 0 Å². The summed E-state index contributed by atoms with van der Waals surface area (Å²) in [4.78, 5) is 46.2. The number of aldehydes is 1. The number of hydrogen-bond donors (Lipinski definition) is 2. The molecule has 0 bridgehead atoms. The Hall–Kier alpha value is -2.97. The van der Waals surface area contributed by atoms with E-state index in [1.165, 1.54) is 29.2 Å². The summed E-state index contributed by atoms with van der Waals surface area (Å²) < 4.78 is 0. The fourth-order valence-corrected chi connectivity index (χ4v) is 2.46. The van der Waals surface area contributed by atoms with Crippen LogP contribution in [0, 0.1) is 10.1 Å². The van der Waals surface area contributed by atoms with E-state index in [0.29, 0.717) is 6.29 Å². The predicted molar refractivity (Wildman–Crippen MR) is 82.8 cm³/mol. The zero-order valence-corrected chi connectivity index (χ0v) is 12.8. The molecular weight excluding hydrogens is 318 g/mol. The van der Waals surface area contributed by atoms with E-state index in [1.807, 2.05) is 0 Å². The maximum absolute atomic E-state index is 12.7. The minimum absolute atomic E-state index is 0.0133. The van der Waals surface area contributed by atoms with Gasteiger partial charge in [0.15, 0.2) is 0 Å². The Kier molecular flexibility index (Phi) is 5.46. The van der Waals surface area contributed by atoms with Gasteiger partial charge in [0.1, 0.15) is 11.8 Å². The molecule has 0 radical (unpaired) electrons. The zero-order chi connectivity index (χ0) is 17.7. The number of amides is 2. The summed E-state index contributed by atoms with van der Waals surface area (Å²) in [6.45, 7) is -0.0133. The number of carboxylic acid groups (broad SMARTS) is 1. The minimum Gasteiger partial charge on any atom is -0.465 e. The van der Waals surface area contributed by atoms with Gasteiger partial charge in [-0.2, -0.15) is 0 Å². The molecule has 0 spiro atoms. The highest BCUT2D eigenvalue weighted by molar-refractivity contribution is 5.98. The standard InChI is InChI=1S/C15H17N3O6/c19-8-7-10(16-15(21)22)9-17(11-5-6-11)14(20)12-3-1-2-4-13(12)18(23)24/h1-4,8,10-11,16H,5-7,9H2,(H,21,22). The quantitative estimate of drug-likeness (QED) is 0.420. The predicted octanol–water partition coefficient (Wildman–Crippen LogP) is 1.42. The lowest BCUT2D eigenvalue weighted by Crippen LogP contribution is -2.46. The van der Waals surface area contributed by atoms with Crippen molar-refractivity contribution in [1.29, 1.82) is 0 Å². The van der Waals surface area contributed by atoms with Crippen LogP contribution >= 0.6 is 0 Å². The molecule has 24 heavy (non-hydrogen) atoms. The van der Waals surface area contributed by atoms with E-state index in [4.69, 9.17) is 5.11 Å². The lowest BCUT2D eigenvalue weighted by atomic mass is 10.1. The van der Waals surface area contributed by atoms with Crippen molar-refractivity contribution in [1.82, 2.24) is 10.2 Å². The molecule has 0 heterocycles. The smallest absolute Gasteiger partial charge is 0.404 e. The second-order valence-corrected chi connectivity index (χ2v) is 5.51. The van der Waals surface area contributed by atoms with E-state index in [-0.39, 0.29) is 30.3 Å². The molecule has 9 nitrogen and oxygen atoms in total. The van der Waals surface area contributed by atoms with Crippen LogP contribution in [0.5, 0.6) is 0 Å². The average molecular weight is 335 g/mol. The third kappa shape index (κ3) is 4.28. The van der Waals surface area contributed by atoms with Crippen LogP contribution in [0.4, 0.5) is 10.5 Å². The molecule has 2 amide bonds. The summed E-state index contributed by atoms with van der Waals surface area (Å²) in [5.74, 6) is -0.534. The minimum atomic E-state index is -1.30. The van der Waals surface area contributed by atoms with Gasteiger partial charge >= 0.3 is 6.09 Å². The molecule has 9 heteroatoms. The number of carbonyl (C=O) groups is 3. The van der Waals surface area contributed by atoms with Gasteiger partial charge in [-0.25, -0.2) is 4.79 Å². The Morgan fingerprint density at radius 2 is 2.08 bits per heavy atom. The van der Waals surface area contributed by atoms with Crippen molar-refractivity contribution in [3.63, 3.8) is 0 Å². The average Bonchev–Trinajstić information content (AvgIpc) is 3.36. The first-order chi connectivity index (χ1) is 11.4. The fourth-order valence-electron chi connectivity index (χ4n) is 2.46. The van der Waals surface area contributed by atoms with Crippen molar-refractivity contribution in [2.24, 2.45) is 0 Å². The number of para-hydroxylation sites is 1. The number of nitrogens with zero attached hydrogens (tertiary/aromatic N) is 2. The molecule has 1 saturated carbocycles. The highest BCUT2D eigenvalue weighted by atomic mass is 16.6. The topological polar surface area (TPSA) is 130 Å². The Balaban J connectivity index is 2.24. The van der Waals surface area contributed by atoms with Crippen molar-refractivity contribution >= 4 is 24.0 Å². The van der Waals surface area contributed by atoms with Crippen LogP contribution in [0.1, 0.15) is 29.6 Å². The maximum atomic E-state index is 12.7. The van der Waals surface area contributed by atoms with E-state index in [0.717, 1.165) is 12.8 Å². The first-order valence-corrected chi connectivity index (χ1v) is 7.41. The van der Waals surface area contributed by atoms with Crippen molar-refractivity contribution in [3.8, 4) is 0 Å². The fraction of sp³-hybridized carbons (Fsp3) is 0.400. The summed E-state index contributed by atoms with van der Waals surface area (Å²) in [6, 6.07) is 4.77. The van der Waals surface area contributed by atoms with Crippen LogP contribution in [-0.4, -0.2) is 51.8 Å². The molecule has 1 unspecified atom stereocenters. The van der Waals surface area contributed by atoms with Gasteiger partial charge in [0.25, 0.3) is 11.6 Å². The molecule has 1 aliphatic carbocycles. The van der Waals surface area contributed by atoms with E-state index >= 15 is 0 Å². The molecule has 1 atom stereocenters. The van der Waals surface area contributed by atoms with E-state index in [1.54, 1.807) is 0 Å². The molecule has 1 aliphatic rings. The molecule has 1 aromatic rings. The van der Waals surface area contributed by atoms with E-state index in [2.05, 4.69) is 5.32 Å². The Morgan fingerprint density at radius 1 is 1.42 bits per heavy atom. The lowest BCUT2D eigenvalue weighted by Gasteiger charge is -2.27. The summed E-state index contributed by atoms with van der Waals surface area (Å²) in [5, 5.41) is 22.1. The highest BCUT2D eigenvalue weighted by Gasteiger charge is 2.36. The molecule has 2 N–H and O–H groups in total. The van der Waals surface area contributed by atoms with Crippen molar-refractivity contribution in [3.05, 3.63) is 39.9 Å². The molecule has 1 aromatic carbocycles. The van der Waals surface area contributed by atoms with Crippen molar-refractivity contribution in [2.75, 3.05) is 6.54 Å². The Morgan fingerprint density at radius 3 is 2.62 bits per heavy atom. The van der Waals surface area contributed by atoms with Gasteiger partial charge in [0, 0.05) is 25.1 Å². The molecule has 0 saturated heterocycles. The number of rotatable bonds is 8. The second-order valence-electron chi connectivity index (χ2n) is 5.51. The van der Waals surface area contributed by atoms with Gasteiger partial charge in [-0.1, -0.05) is 12.1 Å². The van der Waals surface area contributed by atoms with Crippen LogP contribution in [0.15, 0.2) is 24.3 Å². The van der Waals surface area contributed by atoms with Gasteiger partial charge < -0.3 is 20.1 Å². The maximum Gasteiger partial charge on any atom is 0.404 e. The molecular formula is C15H17N3O6. The zero-order valence-electron chi connectivity index (χ0n) is 12.8. The molecule has 2 rings (SSSR count). The van der Waals surface area contributed by atoms with Gasteiger partial charge in [0.2, 0.25) is 0 Å². The normalized spacial score (nSPS) is 14.5. The molecule has 0 aromatic heterocycles. The van der Waals surface area contributed by atoms with Crippen molar-refractivity contribution in [2.45, 2.75) is 31.3 Å². The van der Waals surface area contributed by atoms with Gasteiger partial charge in [0.05, 0.1) is 11.0 Å². The summed E-state index contributed by atoms with van der Waals surface area (Å²) in [7, 11) is 0. The Bertz CT molecular complexity index is 658. The van der Waals surface area contributed by atoms with Gasteiger partial charge in [-0.3, -0.25) is 14.9 Å². The van der Waals surface area contributed by atoms with Gasteiger partial charge in [-0.05, 0) is 18.9 Å². The highest BCUT2D eigenvalue weighted by Crippen LogP contribution is 2.30. The van der Waals surface area contributed by atoms with E-state index < -0.39 is 23.0 Å². The second kappa shape index (κ2) is 7.53. The number of hydrogen-bond acceptors (Lipinski definition) is 5. The summed E-state index contributed by atoms with van der Waals surface area (Å²) >= 11 is 0. The van der Waals surface area contributed by atoms with Crippen LogP contribution in [0.2, 0.25) is 0 Å². The van der Waals surface area contributed by atoms with Crippen LogP contribution in [0.25, 0.3) is 0 Å². The van der Waals surface area contributed by atoms with Crippen LogP contribution < -0.4 is 5.32 Å². The van der Waals surface area contributed by atoms with Crippen LogP contribution in [0.3, 0.4) is 0 Å². The number of carbonyl (C=O) groups excluding carboxylic acids is 2. The van der Waals surface area contributed by atoms with Crippen molar-refractivity contribution < 1.29 is 24.4 Å². The summed E-state index contributed by atoms with van der Waals surface area (Å²) in [5.41, 5.74) is -0.346. The third-order valence-electron chi connectivity index (χ3n) is 3.71. The largest absolute Gasteiger partial charge is 0.465 e. The number of nitro benzene ring substituents is 1. The van der Waals surface area contributed by atoms with Crippen LogP contribution in [-0.2, 0) is 4.79 Å². The first kappa shape index (κ1) is 17.4. The SMILES string of the molecule is O=CCC(CN(C(=O)c1ccccc1[N+](=O)[O-])C1CC1)NC(=O)O. The monoisotopic (exact) mass is 335 g/mol. The molecule has 128 valence electrons. The Labute approximate surface area is 137 Å². The summed E-state index contributed by atoms with van der Waals surface area (Å²) in [6.07, 6.45) is 0.678. The first-order valence-electron chi connectivity index (χ1n) is 7.41. The number of benzene rings is 1. The number of nitro groups is 1. The molecule has 1 fully saturated rings. The van der Waals surface area contributed by atoms with E-state index in [9.17, 15) is 24.5 Å². The third-order valence-corrected chi connectivity index (χ3v) is 3.71. The lowest BCUT2D eigenvalue weighted by molar-refractivity contribution is -0.385.